The molecule has 1 fully saturated rings. The van der Waals surface area contributed by atoms with E-state index in [-0.39, 0.29) is 0 Å². The third kappa shape index (κ3) is 9.10. The van der Waals surface area contributed by atoms with Gasteiger partial charge in [-0.15, -0.1) is 0 Å². The van der Waals surface area contributed by atoms with Crippen LogP contribution in [0.4, 0.5) is 0 Å². The van der Waals surface area contributed by atoms with Gasteiger partial charge in [-0.1, -0.05) is 51.9 Å². The maximum Gasteiger partial charge on any atom is 0.236 e. The van der Waals surface area contributed by atoms with Gasteiger partial charge in [0.2, 0.25) is 5.91 Å². The molecule has 0 aromatic rings. The molecule has 1 saturated heterocycles. The maximum absolute atomic E-state index is 12.1. The highest BCUT2D eigenvalue weighted by Crippen LogP contribution is 2.08. The number of hydrogen-bond donors (Lipinski definition) is 1. The summed E-state index contributed by atoms with van der Waals surface area (Å²) in [6.45, 7) is 7.50. The molecule has 0 aromatic carbocycles. The predicted molar refractivity (Wildman–Crippen MR) is 89.6 cm³/mol. The minimum atomic E-state index is 0.290. The molecular formula is C17H35N3O. The van der Waals surface area contributed by atoms with Crippen molar-refractivity contribution in [1.82, 2.24) is 15.1 Å². The van der Waals surface area contributed by atoms with E-state index in [1.807, 2.05) is 4.90 Å². The van der Waals surface area contributed by atoms with Crippen molar-refractivity contribution in [2.45, 2.75) is 58.3 Å². The van der Waals surface area contributed by atoms with Crippen LogP contribution in [0.3, 0.4) is 0 Å². The Morgan fingerprint density at radius 2 is 1.57 bits per heavy atom. The largest absolute Gasteiger partial charge is 0.339 e. The summed E-state index contributed by atoms with van der Waals surface area (Å²) in [5, 5.41) is 3.28. The summed E-state index contributed by atoms with van der Waals surface area (Å²) >= 11 is 0. The van der Waals surface area contributed by atoms with Crippen LogP contribution in [0.1, 0.15) is 58.3 Å². The van der Waals surface area contributed by atoms with E-state index < -0.39 is 0 Å². The topological polar surface area (TPSA) is 35.6 Å². The van der Waals surface area contributed by atoms with Gasteiger partial charge in [-0.2, -0.15) is 0 Å². The van der Waals surface area contributed by atoms with Crippen molar-refractivity contribution in [2.24, 2.45) is 0 Å². The normalized spacial score (nSPS) is 15.7. The van der Waals surface area contributed by atoms with Crippen molar-refractivity contribution in [1.29, 1.82) is 0 Å². The molecule has 4 heteroatoms. The number of amides is 1. The molecule has 1 heterocycles. The molecule has 4 nitrogen and oxygen atoms in total. The first kappa shape index (κ1) is 18.4. The van der Waals surface area contributed by atoms with Crippen molar-refractivity contribution in [3.8, 4) is 0 Å². The fourth-order valence-corrected chi connectivity index (χ4v) is 2.84. The molecule has 1 rings (SSSR count). The molecule has 0 saturated carbocycles. The number of rotatable bonds is 11. The van der Waals surface area contributed by atoms with Gasteiger partial charge < -0.3 is 10.2 Å². The minimum Gasteiger partial charge on any atom is -0.339 e. The number of hydrogen-bond acceptors (Lipinski definition) is 3. The molecular weight excluding hydrogens is 262 g/mol. The van der Waals surface area contributed by atoms with Gasteiger partial charge >= 0.3 is 0 Å². The third-order valence-electron chi connectivity index (χ3n) is 4.27. The lowest BCUT2D eigenvalue weighted by atomic mass is 10.1. The van der Waals surface area contributed by atoms with Crippen LogP contribution in [0, 0.1) is 0 Å². The van der Waals surface area contributed by atoms with Crippen LogP contribution in [-0.2, 0) is 4.79 Å². The van der Waals surface area contributed by atoms with Crippen molar-refractivity contribution in [3.05, 3.63) is 0 Å². The van der Waals surface area contributed by atoms with Crippen LogP contribution >= 0.6 is 0 Å². The highest BCUT2D eigenvalue weighted by Gasteiger charge is 2.17. The molecule has 0 aliphatic carbocycles. The van der Waals surface area contributed by atoms with Crippen molar-refractivity contribution >= 4 is 5.91 Å². The van der Waals surface area contributed by atoms with Gasteiger partial charge in [-0.25, -0.2) is 0 Å². The molecule has 21 heavy (non-hydrogen) atoms. The Hall–Kier alpha value is -0.610. The molecule has 1 aliphatic rings. The minimum absolute atomic E-state index is 0.290. The summed E-state index contributed by atoms with van der Waals surface area (Å²) in [6.07, 6.45) is 10.8. The molecule has 1 N–H and O–H groups in total. The lowest BCUT2D eigenvalue weighted by molar-refractivity contribution is -0.132. The summed E-state index contributed by atoms with van der Waals surface area (Å²) in [6, 6.07) is 0. The Balaban J connectivity index is 1.95. The molecule has 0 aromatic heterocycles. The van der Waals surface area contributed by atoms with Gasteiger partial charge in [0.15, 0.2) is 0 Å². The maximum atomic E-state index is 12.1. The molecule has 1 amide bonds. The fraction of sp³-hybridized carbons (Fsp3) is 0.941. The Morgan fingerprint density at radius 3 is 2.19 bits per heavy atom. The number of piperazine rings is 1. The van der Waals surface area contributed by atoms with E-state index in [9.17, 15) is 4.79 Å². The smallest absolute Gasteiger partial charge is 0.236 e. The van der Waals surface area contributed by atoms with E-state index >= 15 is 0 Å². The first-order valence-electron chi connectivity index (χ1n) is 8.91. The standard InChI is InChI=1S/C17H35N3O/c1-3-4-5-6-7-8-9-10-13-19(2)16-17(21)20-14-11-18-12-15-20/h18H,3-16H2,1-2H3. The van der Waals surface area contributed by atoms with Gasteiger partial charge in [0, 0.05) is 26.2 Å². The first-order valence-corrected chi connectivity index (χ1v) is 8.91. The number of likely N-dealkylation sites (N-methyl/N-ethyl adjacent to an activating group) is 1. The Bertz CT molecular complexity index is 265. The van der Waals surface area contributed by atoms with Gasteiger partial charge in [0.05, 0.1) is 6.54 Å². The SMILES string of the molecule is CCCCCCCCCCN(C)CC(=O)N1CCNCC1. The van der Waals surface area contributed by atoms with E-state index in [4.69, 9.17) is 0 Å². The second kappa shape index (κ2) is 12.0. The summed E-state index contributed by atoms with van der Waals surface area (Å²) in [5.74, 6) is 0.290. The molecule has 0 spiro atoms. The second-order valence-electron chi connectivity index (χ2n) is 6.34. The Morgan fingerprint density at radius 1 is 1.00 bits per heavy atom. The van der Waals surface area contributed by atoms with Crippen LogP contribution in [0.2, 0.25) is 0 Å². The van der Waals surface area contributed by atoms with Crippen LogP contribution < -0.4 is 5.32 Å². The van der Waals surface area contributed by atoms with E-state index in [2.05, 4.69) is 24.2 Å². The third-order valence-corrected chi connectivity index (χ3v) is 4.27. The highest BCUT2D eigenvalue weighted by atomic mass is 16.2. The number of carbonyl (C=O) groups is 1. The number of nitrogens with one attached hydrogen (secondary N) is 1. The average Bonchev–Trinajstić information content (AvgIpc) is 2.50. The lowest BCUT2D eigenvalue weighted by Crippen LogP contribution is -2.49. The predicted octanol–water partition coefficient (Wildman–Crippen LogP) is 2.49. The molecule has 124 valence electrons. The van der Waals surface area contributed by atoms with E-state index in [0.29, 0.717) is 12.5 Å². The lowest BCUT2D eigenvalue weighted by Gasteiger charge is -2.29. The zero-order chi connectivity index (χ0) is 15.3. The second-order valence-corrected chi connectivity index (χ2v) is 6.34. The fourth-order valence-electron chi connectivity index (χ4n) is 2.84. The van der Waals surface area contributed by atoms with Crippen LogP contribution in [0.15, 0.2) is 0 Å². The molecule has 0 radical (unpaired) electrons. The van der Waals surface area contributed by atoms with Crippen molar-refractivity contribution in [3.63, 3.8) is 0 Å². The summed E-state index contributed by atoms with van der Waals surface area (Å²) in [5.41, 5.74) is 0. The Labute approximate surface area is 131 Å². The zero-order valence-electron chi connectivity index (χ0n) is 14.2. The number of unbranched alkanes of at least 4 members (excludes halogenated alkanes) is 7. The van der Waals surface area contributed by atoms with Crippen LogP contribution in [0.25, 0.3) is 0 Å². The van der Waals surface area contributed by atoms with Gasteiger partial charge in [0.1, 0.15) is 0 Å². The van der Waals surface area contributed by atoms with E-state index in [1.165, 1.54) is 51.4 Å². The van der Waals surface area contributed by atoms with E-state index in [0.717, 1.165) is 32.7 Å². The van der Waals surface area contributed by atoms with Crippen molar-refractivity contribution in [2.75, 3.05) is 46.3 Å². The molecule has 0 atom stereocenters. The summed E-state index contributed by atoms with van der Waals surface area (Å²) in [4.78, 5) is 16.3. The van der Waals surface area contributed by atoms with E-state index in [1.54, 1.807) is 0 Å². The number of carbonyl (C=O) groups excluding carboxylic acids is 1. The van der Waals surface area contributed by atoms with Gasteiger partial charge in [-0.05, 0) is 20.0 Å². The van der Waals surface area contributed by atoms with Crippen LogP contribution in [0.5, 0.6) is 0 Å². The quantitative estimate of drug-likeness (QED) is 0.595. The summed E-state index contributed by atoms with van der Waals surface area (Å²) < 4.78 is 0. The zero-order valence-corrected chi connectivity index (χ0v) is 14.2. The summed E-state index contributed by atoms with van der Waals surface area (Å²) in [7, 11) is 2.07. The van der Waals surface area contributed by atoms with Crippen molar-refractivity contribution < 1.29 is 4.79 Å². The van der Waals surface area contributed by atoms with Gasteiger partial charge in [-0.3, -0.25) is 9.69 Å². The van der Waals surface area contributed by atoms with Crippen LogP contribution in [-0.4, -0.2) is 62.0 Å². The monoisotopic (exact) mass is 297 g/mol. The molecule has 0 unspecified atom stereocenters. The average molecular weight is 297 g/mol. The Kier molecular flexibility index (Phi) is 10.5. The first-order chi connectivity index (χ1) is 10.2. The number of nitrogens with zero attached hydrogens (tertiary/aromatic N) is 2. The molecule has 0 bridgehead atoms. The molecule has 1 aliphatic heterocycles. The van der Waals surface area contributed by atoms with Gasteiger partial charge in [0.25, 0.3) is 0 Å². The highest BCUT2D eigenvalue weighted by molar-refractivity contribution is 5.78.